The molecule has 0 unspecified atom stereocenters. The van der Waals surface area contributed by atoms with Crippen molar-refractivity contribution in [2.24, 2.45) is 0 Å². The Kier molecular flexibility index (Phi) is 7.67. The van der Waals surface area contributed by atoms with Crippen molar-refractivity contribution in [1.82, 2.24) is 5.32 Å². The number of hydrogen-bond donors (Lipinski definition) is 2. The quantitative estimate of drug-likeness (QED) is 0.702. The van der Waals surface area contributed by atoms with Crippen LogP contribution in [0, 0.1) is 0 Å². The highest BCUT2D eigenvalue weighted by Crippen LogP contribution is 2.17. The summed E-state index contributed by atoms with van der Waals surface area (Å²) in [5.41, 5.74) is 2.71. The van der Waals surface area contributed by atoms with Crippen LogP contribution in [0.3, 0.4) is 0 Å². The van der Waals surface area contributed by atoms with Gasteiger partial charge in [-0.05, 0) is 62.2 Å². The Labute approximate surface area is 160 Å². The summed E-state index contributed by atoms with van der Waals surface area (Å²) in [6.07, 6.45) is 0.620. The van der Waals surface area contributed by atoms with Crippen LogP contribution in [0.1, 0.15) is 19.4 Å². The Morgan fingerprint density at radius 2 is 1.70 bits per heavy atom. The van der Waals surface area contributed by atoms with Crippen molar-refractivity contribution in [3.8, 4) is 5.75 Å². The number of nitrogens with zero attached hydrogens (tertiary/aromatic N) is 1. The molecule has 0 aromatic heterocycles. The Morgan fingerprint density at radius 3 is 2.33 bits per heavy atom. The molecule has 2 rings (SSSR count). The molecular formula is C21H27N3O3. The molecule has 0 heterocycles. The number of hydrogen-bond acceptors (Lipinski definition) is 4. The van der Waals surface area contributed by atoms with Gasteiger partial charge in [-0.25, -0.2) is 0 Å². The first-order valence-corrected chi connectivity index (χ1v) is 9.14. The van der Waals surface area contributed by atoms with E-state index >= 15 is 0 Å². The first-order valence-electron chi connectivity index (χ1n) is 9.14. The van der Waals surface area contributed by atoms with Gasteiger partial charge in [0.05, 0.1) is 7.11 Å². The molecule has 2 N–H and O–H groups in total. The third kappa shape index (κ3) is 6.02. The van der Waals surface area contributed by atoms with Crippen LogP contribution >= 0.6 is 0 Å². The minimum atomic E-state index is -0.670. The molecule has 0 aliphatic heterocycles. The molecule has 0 fully saturated rings. The van der Waals surface area contributed by atoms with E-state index in [2.05, 4.69) is 29.4 Å². The molecule has 0 spiro atoms. The van der Waals surface area contributed by atoms with Crippen LogP contribution < -0.4 is 20.3 Å². The molecule has 144 valence electrons. The van der Waals surface area contributed by atoms with Crippen LogP contribution in [-0.2, 0) is 16.0 Å². The molecular weight excluding hydrogens is 342 g/mol. The summed E-state index contributed by atoms with van der Waals surface area (Å²) in [5.74, 6) is -0.549. The third-order valence-corrected chi connectivity index (χ3v) is 4.29. The van der Waals surface area contributed by atoms with E-state index in [9.17, 15) is 9.59 Å². The van der Waals surface area contributed by atoms with E-state index in [-0.39, 0.29) is 0 Å². The zero-order chi connectivity index (χ0) is 19.6. The van der Waals surface area contributed by atoms with Crippen molar-refractivity contribution in [3.05, 3.63) is 54.1 Å². The number of ether oxygens (including phenoxy) is 1. The average Bonchev–Trinajstić information content (AvgIpc) is 2.70. The summed E-state index contributed by atoms with van der Waals surface area (Å²) in [5, 5.41) is 5.26. The van der Waals surface area contributed by atoms with Crippen molar-refractivity contribution >= 4 is 23.2 Å². The van der Waals surface area contributed by atoms with Crippen molar-refractivity contribution in [3.63, 3.8) is 0 Å². The van der Waals surface area contributed by atoms with Crippen molar-refractivity contribution < 1.29 is 14.3 Å². The smallest absolute Gasteiger partial charge is 0.313 e. The predicted molar refractivity (Wildman–Crippen MR) is 108 cm³/mol. The largest absolute Gasteiger partial charge is 0.497 e. The zero-order valence-corrected chi connectivity index (χ0v) is 16.1. The highest BCUT2D eigenvalue weighted by Gasteiger charge is 2.13. The van der Waals surface area contributed by atoms with Crippen LogP contribution in [-0.4, -0.2) is 38.6 Å². The number of amides is 2. The fourth-order valence-electron chi connectivity index (χ4n) is 2.76. The van der Waals surface area contributed by atoms with Gasteiger partial charge in [-0.2, -0.15) is 0 Å². The minimum Gasteiger partial charge on any atom is -0.497 e. The lowest BCUT2D eigenvalue weighted by Gasteiger charge is -2.21. The number of anilines is 2. The molecule has 0 saturated carbocycles. The molecule has 0 aliphatic rings. The van der Waals surface area contributed by atoms with E-state index < -0.39 is 11.8 Å². The van der Waals surface area contributed by atoms with Crippen LogP contribution in [0.25, 0.3) is 0 Å². The van der Waals surface area contributed by atoms with E-state index in [1.54, 1.807) is 19.2 Å². The maximum Gasteiger partial charge on any atom is 0.313 e. The van der Waals surface area contributed by atoms with Gasteiger partial charge in [0, 0.05) is 31.0 Å². The van der Waals surface area contributed by atoms with Gasteiger partial charge in [0.2, 0.25) is 0 Å². The molecule has 27 heavy (non-hydrogen) atoms. The number of carbonyl (C=O) groups is 2. The average molecular weight is 369 g/mol. The lowest BCUT2D eigenvalue weighted by atomic mass is 10.1. The zero-order valence-electron chi connectivity index (χ0n) is 16.1. The van der Waals surface area contributed by atoms with Gasteiger partial charge in [-0.15, -0.1) is 0 Å². The first-order chi connectivity index (χ1) is 13.1. The maximum atomic E-state index is 12.0. The molecule has 0 bridgehead atoms. The predicted octanol–water partition coefficient (Wildman–Crippen LogP) is 2.84. The minimum absolute atomic E-state index is 0.375. The van der Waals surface area contributed by atoms with E-state index in [1.165, 1.54) is 0 Å². The molecule has 0 saturated heterocycles. The van der Waals surface area contributed by atoms with Gasteiger partial charge in [-0.1, -0.05) is 12.1 Å². The van der Waals surface area contributed by atoms with Crippen molar-refractivity contribution in [2.75, 3.05) is 37.0 Å². The lowest BCUT2D eigenvalue weighted by Crippen LogP contribution is -2.36. The summed E-state index contributed by atoms with van der Waals surface area (Å²) in [6, 6.07) is 15.1. The summed E-state index contributed by atoms with van der Waals surface area (Å²) in [4.78, 5) is 26.2. The van der Waals surface area contributed by atoms with E-state index in [1.807, 2.05) is 36.4 Å². The monoisotopic (exact) mass is 369 g/mol. The molecule has 2 aromatic carbocycles. The number of nitrogens with one attached hydrogen (secondary N) is 2. The summed E-state index contributed by atoms with van der Waals surface area (Å²) >= 11 is 0. The number of benzene rings is 2. The second-order valence-corrected chi connectivity index (χ2v) is 6.03. The van der Waals surface area contributed by atoms with Gasteiger partial charge in [0.15, 0.2) is 0 Å². The van der Waals surface area contributed by atoms with Crippen molar-refractivity contribution in [2.45, 2.75) is 20.3 Å². The van der Waals surface area contributed by atoms with Crippen molar-refractivity contribution in [1.29, 1.82) is 0 Å². The summed E-state index contributed by atoms with van der Waals surface area (Å²) in [7, 11) is 1.61. The van der Waals surface area contributed by atoms with E-state index in [4.69, 9.17) is 4.74 Å². The number of carbonyl (C=O) groups excluding carboxylic acids is 2. The Hall–Kier alpha value is -3.02. The second-order valence-electron chi connectivity index (χ2n) is 6.03. The topological polar surface area (TPSA) is 70.7 Å². The molecule has 0 atom stereocenters. The van der Waals surface area contributed by atoms with Crippen LogP contribution in [0.4, 0.5) is 11.4 Å². The second kappa shape index (κ2) is 10.2. The van der Waals surface area contributed by atoms with Crippen LogP contribution in [0.15, 0.2) is 48.5 Å². The summed E-state index contributed by atoms with van der Waals surface area (Å²) in [6.45, 7) is 6.39. The fourth-order valence-corrected chi connectivity index (χ4v) is 2.76. The number of methoxy groups -OCH3 is 1. The van der Waals surface area contributed by atoms with Gasteiger partial charge in [0.25, 0.3) is 0 Å². The molecule has 6 nitrogen and oxygen atoms in total. The third-order valence-electron chi connectivity index (χ3n) is 4.29. The van der Waals surface area contributed by atoms with Crippen LogP contribution in [0.2, 0.25) is 0 Å². The molecule has 0 aliphatic carbocycles. The highest BCUT2D eigenvalue weighted by molar-refractivity contribution is 6.39. The maximum absolute atomic E-state index is 12.0. The van der Waals surface area contributed by atoms with Crippen LogP contribution in [0.5, 0.6) is 5.75 Å². The first kappa shape index (κ1) is 20.3. The molecule has 6 heteroatoms. The fraction of sp³-hybridized carbons (Fsp3) is 0.333. The Morgan fingerprint density at radius 1 is 1.00 bits per heavy atom. The van der Waals surface area contributed by atoms with Gasteiger partial charge in [-0.3, -0.25) is 9.59 Å². The standard InChI is InChI=1S/C21H27N3O3/c1-4-24(5-2)18-11-9-17(10-12-18)23-21(26)20(25)22-14-13-16-7-6-8-19(15-16)27-3/h6-12,15H,4-5,13-14H2,1-3H3,(H,22,25)(H,23,26). The van der Waals surface area contributed by atoms with Gasteiger partial charge >= 0.3 is 11.8 Å². The SMILES string of the molecule is CCN(CC)c1ccc(NC(=O)C(=O)NCCc2cccc(OC)c2)cc1. The molecule has 2 aromatic rings. The number of rotatable bonds is 8. The highest BCUT2D eigenvalue weighted by atomic mass is 16.5. The lowest BCUT2D eigenvalue weighted by molar-refractivity contribution is -0.136. The van der Waals surface area contributed by atoms with Gasteiger partial charge < -0.3 is 20.3 Å². The van der Waals surface area contributed by atoms with Gasteiger partial charge in [0.1, 0.15) is 5.75 Å². The molecule has 2 amide bonds. The van der Waals surface area contributed by atoms with E-state index in [0.29, 0.717) is 18.7 Å². The Bertz CT molecular complexity index is 756. The summed E-state index contributed by atoms with van der Waals surface area (Å²) < 4.78 is 5.17. The Balaban J connectivity index is 1.82. The normalized spacial score (nSPS) is 10.2. The molecule has 0 radical (unpaired) electrons. The van der Waals surface area contributed by atoms with E-state index in [0.717, 1.165) is 30.1 Å².